The van der Waals surface area contributed by atoms with Crippen molar-refractivity contribution < 1.29 is 13.2 Å². The second-order valence-electron chi connectivity index (χ2n) is 5.70. The summed E-state index contributed by atoms with van der Waals surface area (Å²) in [7, 11) is 0. The molecule has 1 N–H and O–H groups in total. The molecule has 25 heavy (non-hydrogen) atoms. The largest absolute Gasteiger partial charge is 0.416 e. The Morgan fingerprint density at radius 1 is 1.28 bits per heavy atom. The molecule has 0 spiro atoms. The van der Waals surface area contributed by atoms with Gasteiger partial charge in [-0.15, -0.1) is 0 Å². The molecule has 0 saturated carbocycles. The lowest BCUT2D eigenvalue weighted by Crippen LogP contribution is -2.20. The lowest BCUT2D eigenvalue weighted by molar-refractivity contribution is -0.138. The van der Waals surface area contributed by atoms with E-state index in [1.54, 1.807) is 0 Å². The van der Waals surface area contributed by atoms with Gasteiger partial charge < -0.3 is 4.98 Å². The molecule has 0 fully saturated rings. The Bertz CT molecular complexity index is 869. The number of halogens is 3. The van der Waals surface area contributed by atoms with Crippen LogP contribution in [0, 0.1) is 18.3 Å². The van der Waals surface area contributed by atoms with E-state index >= 15 is 0 Å². The molecule has 0 amide bonds. The standard InChI is InChI=1S/C17H16F3N3OS/c1-9(2)25-16-22-14(10(3)15(24)23-16)12(8-21)11-6-4-5-7-13(11)17(18,19)20/h4-7,9,12H,1-3H3,(H,22,23,24). The number of aromatic nitrogens is 2. The van der Waals surface area contributed by atoms with Gasteiger partial charge in [-0.25, -0.2) is 4.98 Å². The monoisotopic (exact) mass is 367 g/mol. The minimum atomic E-state index is -4.60. The van der Waals surface area contributed by atoms with E-state index in [1.807, 2.05) is 19.9 Å². The van der Waals surface area contributed by atoms with Crippen molar-refractivity contribution >= 4 is 11.8 Å². The molecule has 0 radical (unpaired) electrons. The van der Waals surface area contributed by atoms with Crippen molar-refractivity contribution in [1.82, 2.24) is 9.97 Å². The molecular formula is C17H16F3N3OS. The van der Waals surface area contributed by atoms with E-state index < -0.39 is 23.2 Å². The van der Waals surface area contributed by atoms with E-state index in [4.69, 9.17) is 0 Å². The topological polar surface area (TPSA) is 69.5 Å². The highest BCUT2D eigenvalue weighted by atomic mass is 32.2. The van der Waals surface area contributed by atoms with Crippen molar-refractivity contribution in [3.8, 4) is 6.07 Å². The fraction of sp³-hybridized carbons (Fsp3) is 0.353. The molecule has 0 aliphatic rings. The smallest absolute Gasteiger partial charge is 0.301 e. The quantitative estimate of drug-likeness (QED) is 0.648. The van der Waals surface area contributed by atoms with Crippen LogP contribution >= 0.6 is 11.8 Å². The third kappa shape index (κ3) is 4.23. The Kier molecular flexibility index (Phi) is 5.58. The third-order valence-electron chi connectivity index (χ3n) is 3.49. The zero-order chi connectivity index (χ0) is 18.8. The van der Waals surface area contributed by atoms with E-state index in [-0.39, 0.29) is 27.2 Å². The summed E-state index contributed by atoms with van der Waals surface area (Å²) >= 11 is 1.27. The van der Waals surface area contributed by atoms with Crippen molar-refractivity contribution in [2.24, 2.45) is 0 Å². The molecule has 1 atom stereocenters. The van der Waals surface area contributed by atoms with Crippen molar-refractivity contribution in [3.63, 3.8) is 0 Å². The van der Waals surface area contributed by atoms with Crippen LogP contribution in [0.2, 0.25) is 0 Å². The lowest BCUT2D eigenvalue weighted by atomic mass is 9.90. The first-order valence-electron chi connectivity index (χ1n) is 7.48. The van der Waals surface area contributed by atoms with Gasteiger partial charge in [-0.2, -0.15) is 18.4 Å². The average Bonchev–Trinajstić information content (AvgIpc) is 2.51. The zero-order valence-electron chi connectivity index (χ0n) is 13.8. The second-order valence-corrected chi connectivity index (χ2v) is 7.26. The zero-order valence-corrected chi connectivity index (χ0v) is 14.6. The van der Waals surface area contributed by atoms with Crippen LogP contribution in [-0.2, 0) is 6.18 Å². The summed E-state index contributed by atoms with van der Waals surface area (Å²) in [4.78, 5) is 19.0. The minimum absolute atomic E-state index is 0.0473. The molecule has 132 valence electrons. The van der Waals surface area contributed by atoms with E-state index in [0.717, 1.165) is 6.07 Å². The highest BCUT2D eigenvalue weighted by Crippen LogP contribution is 2.37. The Morgan fingerprint density at radius 2 is 1.92 bits per heavy atom. The highest BCUT2D eigenvalue weighted by molar-refractivity contribution is 7.99. The maximum absolute atomic E-state index is 13.3. The Labute approximate surface area is 147 Å². The predicted molar refractivity (Wildman–Crippen MR) is 89.5 cm³/mol. The normalized spacial score (nSPS) is 12.9. The molecule has 0 aliphatic carbocycles. The van der Waals surface area contributed by atoms with Gasteiger partial charge in [-0.05, 0) is 18.6 Å². The summed E-state index contributed by atoms with van der Waals surface area (Å²) in [5, 5.41) is 9.93. The molecule has 1 heterocycles. The van der Waals surface area contributed by atoms with Gasteiger partial charge in [0.05, 0.1) is 17.3 Å². The summed E-state index contributed by atoms with van der Waals surface area (Å²) in [5.41, 5.74) is -1.39. The maximum Gasteiger partial charge on any atom is 0.416 e. The molecule has 2 rings (SSSR count). The molecule has 0 aliphatic heterocycles. The first-order valence-corrected chi connectivity index (χ1v) is 8.36. The lowest BCUT2D eigenvalue weighted by Gasteiger charge is -2.18. The number of hydrogen-bond acceptors (Lipinski definition) is 4. The van der Waals surface area contributed by atoms with Gasteiger partial charge in [0.15, 0.2) is 5.16 Å². The molecule has 4 nitrogen and oxygen atoms in total. The third-order valence-corrected chi connectivity index (χ3v) is 4.38. The Balaban J connectivity index is 2.66. The van der Waals surface area contributed by atoms with Crippen LogP contribution < -0.4 is 5.56 Å². The Hall–Kier alpha value is -2.27. The summed E-state index contributed by atoms with van der Waals surface area (Å²) in [6, 6.07) is 6.73. The molecule has 1 aromatic heterocycles. The van der Waals surface area contributed by atoms with E-state index in [2.05, 4.69) is 9.97 Å². The number of alkyl halides is 3. The molecule has 0 saturated heterocycles. The molecule has 1 unspecified atom stereocenters. The van der Waals surface area contributed by atoms with Crippen molar-refractivity contribution in [1.29, 1.82) is 5.26 Å². The number of benzene rings is 1. The summed E-state index contributed by atoms with van der Waals surface area (Å²) in [5.74, 6) is -1.29. The molecule has 2 aromatic rings. The van der Waals surface area contributed by atoms with Crippen LogP contribution in [0.3, 0.4) is 0 Å². The van der Waals surface area contributed by atoms with E-state index in [0.29, 0.717) is 0 Å². The minimum Gasteiger partial charge on any atom is -0.301 e. The predicted octanol–water partition coefficient (Wildman–Crippen LogP) is 4.25. The number of aromatic amines is 1. The average molecular weight is 367 g/mol. The number of nitrogens with one attached hydrogen (secondary N) is 1. The van der Waals surface area contributed by atoms with Gasteiger partial charge >= 0.3 is 6.18 Å². The van der Waals surface area contributed by atoms with Gasteiger partial charge in [0.1, 0.15) is 5.92 Å². The van der Waals surface area contributed by atoms with E-state index in [1.165, 1.54) is 36.9 Å². The summed E-state index contributed by atoms with van der Waals surface area (Å²) in [6.07, 6.45) is -4.60. The van der Waals surface area contributed by atoms with Crippen molar-refractivity contribution in [2.45, 2.75) is 43.3 Å². The fourth-order valence-electron chi connectivity index (χ4n) is 2.37. The number of thioether (sulfide) groups is 1. The maximum atomic E-state index is 13.3. The number of nitriles is 1. The van der Waals surface area contributed by atoms with E-state index in [9.17, 15) is 23.2 Å². The number of nitrogens with zero attached hydrogens (tertiary/aromatic N) is 2. The van der Waals surface area contributed by atoms with Gasteiger partial charge in [0.25, 0.3) is 5.56 Å². The van der Waals surface area contributed by atoms with Gasteiger partial charge in [0.2, 0.25) is 0 Å². The Morgan fingerprint density at radius 3 is 2.48 bits per heavy atom. The molecular weight excluding hydrogens is 351 g/mol. The molecule has 1 aromatic carbocycles. The first kappa shape index (κ1) is 19.1. The SMILES string of the molecule is Cc1c(C(C#N)c2ccccc2C(F)(F)F)nc(SC(C)C)[nH]c1=O. The van der Waals surface area contributed by atoms with Crippen LogP contribution in [0.25, 0.3) is 0 Å². The van der Waals surface area contributed by atoms with Crippen LogP contribution in [0.1, 0.15) is 42.1 Å². The highest BCUT2D eigenvalue weighted by Gasteiger charge is 2.36. The van der Waals surface area contributed by atoms with Crippen LogP contribution in [0.5, 0.6) is 0 Å². The van der Waals surface area contributed by atoms with Gasteiger partial charge in [-0.1, -0.05) is 43.8 Å². The second kappa shape index (κ2) is 7.31. The number of H-pyrrole nitrogens is 1. The van der Waals surface area contributed by atoms with Crippen LogP contribution in [0.15, 0.2) is 34.2 Å². The first-order chi connectivity index (χ1) is 11.6. The molecule has 0 bridgehead atoms. The fourth-order valence-corrected chi connectivity index (χ4v) is 3.12. The van der Waals surface area contributed by atoms with Gasteiger partial charge in [-0.3, -0.25) is 4.79 Å². The van der Waals surface area contributed by atoms with Crippen molar-refractivity contribution in [2.75, 3.05) is 0 Å². The van der Waals surface area contributed by atoms with Crippen LogP contribution in [-0.4, -0.2) is 15.2 Å². The number of hydrogen-bond donors (Lipinski definition) is 1. The van der Waals surface area contributed by atoms with Crippen molar-refractivity contribution in [3.05, 3.63) is 57.0 Å². The summed E-state index contributed by atoms with van der Waals surface area (Å²) in [6.45, 7) is 5.24. The molecule has 8 heteroatoms. The summed E-state index contributed by atoms with van der Waals surface area (Å²) < 4.78 is 39.9. The number of rotatable bonds is 4. The van der Waals surface area contributed by atoms with Crippen LogP contribution in [0.4, 0.5) is 13.2 Å². The van der Waals surface area contributed by atoms with Gasteiger partial charge in [0, 0.05) is 10.8 Å².